The molecule has 5 amide bonds. The molecule has 3 rings (SSSR count). The first-order chi connectivity index (χ1) is 14.5. The second kappa shape index (κ2) is 10.1. The van der Waals surface area contributed by atoms with Crippen molar-refractivity contribution >= 4 is 35.5 Å². The van der Waals surface area contributed by atoms with Gasteiger partial charge in [-0.2, -0.15) is 0 Å². The first-order valence-corrected chi connectivity index (χ1v) is 14.7. The number of thioether (sulfide) groups is 1. The van der Waals surface area contributed by atoms with Crippen molar-refractivity contribution < 1.29 is 19.2 Å². The van der Waals surface area contributed by atoms with E-state index in [4.69, 9.17) is 0 Å². The van der Waals surface area contributed by atoms with Gasteiger partial charge in [0.1, 0.15) is 0 Å². The van der Waals surface area contributed by atoms with Gasteiger partial charge in [0.25, 0.3) is 11.8 Å². The van der Waals surface area contributed by atoms with Gasteiger partial charge in [0.15, 0.2) is 0 Å². The molecular formula is C20H29N4O4RfS. The number of nitrogens with zero attached hydrogens (tertiary/aromatic N) is 2. The fourth-order valence-corrected chi connectivity index (χ4v) is 8.63. The predicted octanol–water partition coefficient (Wildman–Crippen LogP) is 1.49. The number of fused-ring (bicyclic) bond motifs is 1. The van der Waals surface area contributed by atoms with E-state index in [1.54, 1.807) is 0 Å². The van der Waals surface area contributed by atoms with Gasteiger partial charge in [-0.1, -0.05) is 12.8 Å². The molecule has 2 fully saturated rings. The van der Waals surface area contributed by atoms with E-state index in [9.17, 15) is 19.2 Å². The van der Waals surface area contributed by atoms with Crippen LogP contribution < -0.4 is 10.6 Å². The van der Waals surface area contributed by atoms with E-state index >= 15 is 0 Å². The molecule has 0 aromatic rings. The smallest absolute Gasteiger partial charge is 0.275 e. The van der Waals surface area contributed by atoms with Gasteiger partial charge < -0.3 is 0 Å². The Hall–Kier alpha value is -3.03. The molecule has 0 aliphatic carbocycles. The van der Waals surface area contributed by atoms with Gasteiger partial charge in [-0.05, 0) is 6.42 Å². The average molecular weight is 689 g/mol. The van der Waals surface area contributed by atoms with Crippen molar-refractivity contribution in [3.05, 3.63) is 12.2 Å². The second-order valence-electron chi connectivity index (χ2n) is 8.06. The van der Waals surface area contributed by atoms with E-state index in [-0.39, 0.29) is 23.8 Å². The van der Waals surface area contributed by atoms with Gasteiger partial charge in [-0.25, -0.2) is 0 Å². The summed E-state index contributed by atoms with van der Waals surface area (Å²) in [5.74, 6) is 0.709. The number of rotatable bonds is 12. The van der Waals surface area contributed by atoms with Crippen LogP contribution in [-0.2, 0) is 14.4 Å². The Morgan fingerprint density at radius 1 is 1.10 bits per heavy atom. The quantitative estimate of drug-likeness (QED) is 0.184. The Labute approximate surface area is 175 Å². The van der Waals surface area contributed by atoms with E-state index in [1.165, 1.54) is 17.1 Å². The van der Waals surface area contributed by atoms with Crippen LogP contribution in [0.4, 0.5) is 4.79 Å². The van der Waals surface area contributed by atoms with E-state index in [2.05, 4.69) is 10.6 Å². The summed E-state index contributed by atoms with van der Waals surface area (Å²) in [4.78, 5) is 47.9. The number of hydrogen-bond donors (Lipinski definition) is 2. The van der Waals surface area contributed by atoms with Crippen LogP contribution >= 0.6 is 11.8 Å². The van der Waals surface area contributed by atoms with Crippen LogP contribution in [0.1, 0.15) is 51.4 Å². The Morgan fingerprint density at radius 3 is 2.60 bits per heavy atom. The summed E-state index contributed by atoms with van der Waals surface area (Å²) in [5.41, 5.74) is 0. The summed E-state index contributed by atoms with van der Waals surface area (Å²) in [5, 5.41) is 8.62. The van der Waals surface area contributed by atoms with Gasteiger partial charge >= 0.3 is 111 Å². The number of imide groups is 1. The minimum absolute atomic E-state index is 0.106. The molecule has 0 aromatic carbocycles. The molecule has 2 N–H and O–H groups in total. The summed E-state index contributed by atoms with van der Waals surface area (Å²) in [6, 6.07) is 0.829. The molecule has 0 saturated carbocycles. The number of carbonyl (C=O) groups is 4. The minimum atomic E-state index is -0.221. The van der Waals surface area contributed by atoms with Crippen LogP contribution in [0.3, 0.4) is 0 Å². The zero-order valence-electron chi connectivity index (χ0n) is 17.3. The first kappa shape index (κ1) is 21.7. The van der Waals surface area contributed by atoms with Crippen molar-refractivity contribution in [1.29, 1.82) is 0 Å². The summed E-state index contributed by atoms with van der Waals surface area (Å²) < 4.78 is 0.227. The summed E-state index contributed by atoms with van der Waals surface area (Å²) in [6.07, 6.45) is 9.75. The Morgan fingerprint density at radius 2 is 1.83 bits per heavy atom. The van der Waals surface area contributed by atoms with Crippen LogP contribution in [0.25, 0.3) is 0 Å². The van der Waals surface area contributed by atoms with Gasteiger partial charge in [0, 0.05) is 18.7 Å². The van der Waals surface area contributed by atoms with Gasteiger partial charge in [-0.3, -0.25) is 14.5 Å². The summed E-state index contributed by atoms with van der Waals surface area (Å²) in [6.45, 7) is 1.15. The number of unbranched alkanes of at least 4 members (excludes halogenated alkanes) is 4. The van der Waals surface area contributed by atoms with E-state index in [1.807, 2.05) is 17.1 Å². The molecule has 0 spiro atoms. The Bertz CT molecular complexity index is 686. The molecule has 161 valence electrons. The molecule has 0 aromatic heterocycles. The SMILES string of the molecule is O=C(CCCCC1SC[C@H]2[C@@H]1NC(=O)[N]2[Rf])NCCCCCCN1C(=O)C=CC1=O. The van der Waals surface area contributed by atoms with Crippen molar-refractivity contribution in [1.82, 2.24) is 20.9 Å². The third-order valence-corrected chi connectivity index (χ3v) is 10.8. The Kier molecular flexibility index (Phi) is 7.32. The van der Waals surface area contributed by atoms with Gasteiger partial charge in [0.2, 0.25) is 0 Å². The van der Waals surface area contributed by atoms with Crippen molar-refractivity contribution in [3.8, 4) is 0 Å². The number of nitrogens with one attached hydrogen (secondary N) is 2. The monoisotopic (exact) mass is 688 g/mol. The maximum absolute atomic E-state index is 12.0. The fraction of sp³-hybridized carbons (Fsp3) is 0.700. The topological polar surface area (TPSA) is 98.8 Å². The normalized spacial score (nSPS) is 25.3. The molecule has 3 atom stereocenters. The van der Waals surface area contributed by atoms with Crippen molar-refractivity contribution in [2.24, 2.45) is 0 Å². The number of carbonyl (C=O) groups excluding carboxylic acids is 4. The number of hydrogen-bond acceptors (Lipinski definition) is 5. The van der Waals surface area contributed by atoms with E-state index in [0.29, 0.717) is 36.8 Å². The first-order valence-electron chi connectivity index (χ1n) is 10.8. The standard InChI is InChI=1S/C20H30N4O4S.Rf/c25-16(8-4-3-7-15-19-14(13-29-15)22-20(28)23-19)21-11-5-1-2-6-12-24-17(26)9-10-18(24)27;/h9-10,14-15,19H,1-8,11-13H2,(H3,21,22,23,25,28);/q;+1/p-1/t14-,15?,19-;/m0./s1. The molecular weight excluding hydrogens is 659 g/mol. The molecule has 3 aliphatic rings. The third kappa shape index (κ3) is 5.31. The molecule has 10 heteroatoms. The molecule has 2 saturated heterocycles. The maximum atomic E-state index is 12.0. The summed E-state index contributed by atoms with van der Waals surface area (Å²) >= 11 is 1.96. The molecule has 30 heavy (non-hydrogen) atoms. The second-order valence-corrected chi connectivity index (χ2v) is 12.4. The molecule has 3 aliphatic heterocycles. The molecule has 0 bridgehead atoms. The van der Waals surface area contributed by atoms with E-state index < -0.39 is 0 Å². The van der Waals surface area contributed by atoms with Crippen LogP contribution in [0.15, 0.2) is 12.2 Å². The molecule has 8 nitrogen and oxygen atoms in total. The van der Waals surface area contributed by atoms with Crippen LogP contribution in [-0.4, -0.2) is 70.1 Å². The van der Waals surface area contributed by atoms with Crippen LogP contribution in [0.5, 0.6) is 0 Å². The molecule has 3 heterocycles. The Balaban J connectivity index is 1.15. The predicted molar refractivity (Wildman–Crippen MR) is 110 cm³/mol. The van der Waals surface area contributed by atoms with Crippen molar-refractivity contribution in [3.63, 3.8) is 0 Å². The van der Waals surface area contributed by atoms with Crippen LogP contribution in [0.2, 0.25) is 0 Å². The minimum Gasteiger partial charge on any atom is -0.275 e. The zero-order valence-corrected chi connectivity index (χ0v) is 24.5. The van der Waals surface area contributed by atoms with Crippen LogP contribution in [0, 0.1) is 0 Å². The zero-order chi connectivity index (χ0) is 21.5. The van der Waals surface area contributed by atoms with Gasteiger partial charge in [-0.15, -0.1) is 0 Å². The number of amides is 5. The molecule has 1 unspecified atom stereocenters. The van der Waals surface area contributed by atoms with E-state index in [0.717, 1.165) is 50.7 Å². The summed E-state index contributed by atoms with van der Waals surface area (Å²) in [7, 11) is 0. The van der Waals surface area contributed by atoms with Crippen molar-refractivity contribution in [2.45, 2.75) is 68.7 Å². The van der Waals surface area contributed by atoms with Gasteiger partial charge in [0.05, 0.1) is 0 Å². The fourth-order valence-electron chi connectivity index (χ4n) is 4.14. The third-order valence-electron chi connectivity index (χ3n) is 5.92. The average Bonchev–Trinajstić information content (AvgIpc) is 3.35. The van der Waals surface area contributed by atoms with Crippen molar-refractivity contribution in [2.75, 3.05) is 18.8 Å². The number of urea groups is 1. The molecule has 0 radical (unpaired) electrons.